The van der Waals surface area contributed by atoms with E-state index in [2.05, 4.69) is 36.7 Å². The number of halogens is 1. The van der Waals surface area contributed by atoms with Crippen LogP contribution in [0.5, 0.6) is 0 Å². The molecule has 0 aliphatic carbocycles. The van der Waals surface area contributed by atoms with Crippen molar-refractivity contribution in [3.05, 3.63) is 53.0 Å². The van der Waals surface area contributed by atoms with Crippen LogP contribution in [0.3, 0.4) is 0 Å². The summed E-state index contributed by atoms with van der Waals surface area (Å²) in [7, 11) is 0. The number of amides is 2. The van der Waals surface area contributed by atoms with Crippen LogP contribution in [0.4, 0.5) is 10.5 Å². The van der Waals surface area contributed by atoms with Gasteiger partial charge in [0.2, 0.25) is 5.82 Å². The van der Waals surface area contributed by atoms with Gasteiger partial charge < -0.3 is 15.2 Å². The number of hydrogen-bond acceptors (Lipinski definition) is 4. The van der Waals surface area contributed by atoms with E-state index in [0.29, 0.717) is 17.4 Å². The third-order valence-corrected chi connectivity index (χ3v) is 4.44. The van der Waals surface area contributed by atoms with Crippen LogP contribution < -0.4 is 10.6 Å². The molecule has 0 radical (unpaired) electrons. The fourth-order valence-electron chi connectivity index (χ4n) is 2.25. The van der Waals surface area contributed by atoms with Crippen molar-refractivity contribution in [2.75, 3.05) is 5.32 Å². The van der Waals surface area contributed by atoms with Gasteiger partial charge in [0.05, 0.1) is 0 Å². The lowest BCUT2D eigenvalue weighted by Crippen LogP contribution is -2.35. The SMILES string of the molecule is CC[C@@H](C)NC(=O)Nc1ccc(-c2noc(-c3ccc(Br)cc3)n2)cc1. The second-order valence-corrected chi connectivity index (χ2v) is 6.83. The standard InChI is InChI=1S/C19H19BrN4O2/c1-3-12(2)21-19(25)22-16-10-6-13(7-11-16)17-23-18(26-24-17)14-4-8-15(20)9-5-14/h4-12H,3H2,1-2H3,(H2,21,22,25)/t12-/m1/s1. The molecule has 0 aliphatic rings. The number of carbonyl (C=O) groups excluding carboxylic acids is 1. The molecule has 0 bridgehead atoms. The maximum absolute atomic E-state index is 11.9. The minimum atomic E-state index is -0.218. The second-order valence-electron chi connectivity index (χ2n) is 5.92. The highest BCUT2D eigenvalue weighted by Crippen LogP contribution is 2.24. The molecule has 2 N–H and O–H groups in total. The molecule has 0 unspecified atom stereocenters. The van der Waals surface area contributed by atoms with Crippen LogP contribution in [-0.4, -0.2) is 22.2 Å². The minimum Gasteiger partial charge on any atom is -0.335 e. The molecule has 1 heterocycles. The summed E-state index contributed by atoms with van der Waals surface area (Å²) < 4.78 is 6.33. The number of nitrogens with one attached hydrogen (secondary N) is 2. The van der Waals surface area contributed by atoms with Gasteiger partial charge in [0, 0.05) is 27.3 Å². The third-order valence-electron chi connectivity index (χ3n) is 3.91. The molecule has 2 amide bonds. The normalized spacial score (nSPS) is 11.8. The van der Waals surface area contributed by atoms with Gasteiger partial charge in [-0.05, 0) is 61.9 Å². The topological polar surface area (TPSA) is 80.0 Å². The summed E-state index contributed by atoms with van der Waals surface area (Å²) in [5.74, 6) is 0.959. The number of nitrogens with zero attached hydrogens (tertiary/aromatic N) is 2. The fraction of sp³-hybridized carbons (Fsp3) is 0.211. The zero-order chi connectivity index (χ0) is 18.5. The van der Waals surface area contributed by atoms with Gasteiger partial charge >= 0.3 is 6.03 Å². The Balaban J connectivity index is 1.69. The number of aromatic nitrogens is 2. The summed E-state index contributed by atoms with van der Waals surface area (Å²) in [6.07, 6.45) is 0.880. The van der Waals surface area contributed by atoms with E-state index in [1.807, 2.05) is 50.2 Å². The summed E-state index contributed by atoms with van der Waals surface area (Å²) in [6, 6.07) is 14.9. The molecular formula is C19H19BrN4O2. The molecule has 1 aromatic heterocycles. The van der Waals surface area contributed by atoms with Crippen molar-refractivity contribution in [3.63, 3.8) is 0 Å². The first-order valence-corrected chi connectivity index (χ1v) is 9.12. The van der Waals surface area contributed by atoms with Crippen LogP contribution >= 0.6 is 15.9 Å². The Morgan fingerprint density at radius 3 is 2.42 bits per heavy atom. The zero-order valence-electron chi connectivity index (χ0n) is 14.5. The van der Waals surface area contributed by atoms with Crippen molar-refractivity contribution in [1.29, 1.82) is 0 Å². The van der Waals surface area contributed by atoms with Crippen molar-refractivity contribution in [2.24, 2.45) is 0 Å². The maximum Gasteiger partial charge on any atom is 0.319 e. The van der Waals surface area contributed by atoms with Gasteiger partial charge in [-0.2, -0.15) is 4.98 Å². The summed E-state index contributed by atoms with van der Waals surface area (Å²) in [6.45, 7) is 3.98. The lowest BCUT2D eigenvalue weighted by Gasteiger charge is -2.12. The Morgan fingerprint density at radius 1 is 1.12 bits per heavy atom. The van der Waals surface area contributed by atoms with Gasteiger partial charge in [0.15, 0.2) is 0 Å². The smallest absolute Gasteiger partial charge is 0.319 e. The predicted octanol–water partition coefficient (Wildman–Crippen LogP) is 5.09. The fourth-order valence-corrected chi connectivity index (χ4v) is 2.51. The second kappa shape index (κ2) is 8.14. The van der Waals surface area contributed by atoms with E-state index in [1.165, 1.54) is 0 Å². The average molecular weight is 415 g/mol. The van der Waals surface area contributed by atoms with E-state index in [1.54, 1.807) is 12.1 Å². The van der Waals surface area contributed by atoms with Gasteiger partial charge in [-0.1, -0.05) is 28.0 Å². The minimum absolute atomic E-state index is 0.130. The van der Waals surface area contributed by atoms with Crippen LogP contribution in [-0.2, 0) is 0 Å². The average Bonchev–Trinajstić information content (AvgIpc) is 3.13. The maximum atomic E-state index is 11.9. The van der Waals surface area contributed by atoms with Crippen molar-refractivity contribution < 1.29 is 9.32 Å². The molecule has 3 aromatic rings. The molecular weight excluding hydrogens is 396 g/mol. The lowest BCUT2D eigenvalue weighted by atomic mass is 10.2. The number of rotatable bonds is 5. The van der Waals surface area contributed by atoms with Crippen molar-refractivity contribution in [1.82, 2.24) is 15.5 Å². The van der Waals surface area contributed by atoms with Crippen LogP contribution in [0.25, 0.3) is 22.8 Å². The van der Waals surface area contributed by atoms with E-state index >= 15 is 0 Å². The Bertz CT molecular complexity index is 875. The van der Waals surface area contributed by atoms with Crippen molar-refractivity contribution >= 4 is 27.6 Å². The number of benzene rings is 2. The molecule has 26 heavy (non-hydrogen) atoms. The largest absolute Gasteiger partial charge is 0.335 e. The summed E-state index contributed by atoms with van der Waals surface area (Å²) in [5.41, 5.74) is 2.36. The van der Waals surface area contributed by atoms with Gasteiger partial charge in [-0.3, -0.25) is 0 Å². The Kier molecular flexibility index (Phi) is 5.68. The highest BCUT2D eigenvalue weighted by Gasteiger charge is 2.11. The summed E-state index contributed by atoms with van der Waals surface area (Å²) in [5, 5.41) is 9.69. The Morgan fingerprint density at radius 2 is 1.77 bits per heavy atom. The molecule has 134 valence electrons. The highest BCUT2D eigenvalue weighted by atomic mass is 79.9. The first-order chi connectivity index (χ1) is 12.5. The molecule has 0 spiro atoms. The van der Waals surface area contributed by atoms with Crippen LogP contribution in [0.2, 0.25) is 0 Å². The van der Waals surface area contributed by atoms with Gasteiger partial charge in [0.1, 0.15) is 0 Å². The van der Waals surface area contributed by atoms with E-state index in [-0.39, 0.29) is 12.1 Å². The quantitative estimate of drug-likeness (QED) is 0.609. The molecule has 0 aliphatic heterocycles. The van der Waals surface area contributed by atoms with Gasteiger partial charge in [0.25, 0.3) is 5.89 Å². The Labute approximate surface area is 160 Å². The van der Waals surface area contributed by atoms with Crippen molar-refractivity contribution in [3.8, 4) is 22.8 Å². The molecule has 0 saturated carbocycles. The number of hydrogen-bond donors (Lipinski definition) is 2. The Hall–Kier alpha value is -2.67. The van der Waals surface area contributed by atoms with Gasteiger partial charge in [-0.25, -0.2) is 4.79 Å². The van der Waals surface area contributed by atoms with E-state index in [0.717, 1.165) is 22.0 Å². The van der Waals surface area contributed by atoms with E-state index in [4.69, 9.17) is 4.52 Å². The predicted molar refractivity (Wildman–Crippen MR) is 105 cm³/mol. The highest BCUT2D eigenvalue weighted by molar-refractivity contribution is 9.10. The third kappa shape index (κ3) is 4.49. The van der Waals surface area contributed by atoms with Crippen LogP contribution in [0.15, 0.2) is 57.5 Å². The van der Waals surface area contributed by atoms with Gasteiger partial charge in [-0.15, -0.1) is 0 Å². The molecule has 2 aromatic carbocycles. The number of anilines is 1. The first-order valence-electron chi connectivity index (χ1n) is 8.32. The first kappa shape index (κ1) is 18.1. The molecule has 7 heteroatoms. The number of urea groups is 1. The van der Waals surface area contributed by atoms with Crippen LogP contribution in [0, 0.1) is 0 Å². The monoisotopic (exact) mass is 414 g/mol. The van der Waals surface area contributed by atoms with E-state index < -0.39 is 0 Å². The molecule has 0 saturated heterocycles. The lowest BCUT2D eigenvalue weighted by molar-refractivity contribution is 0.249. The van der Waals surface area contributed by atoms with Crippen LogP contribution in [0.1, 0.15) is 20.3 Å². The summed E-state index contributed by atoms with van der Waals surface area (Å²) >= 11 is 3.40. The van der Waals surface area contributed by atoms with E-state index in [9.17, 15) is 4.79 Å². The zero-order valence-corrected chi connectivity index (χ0v) is 16.1. The number of carbonyl (C=O) groups is 1. The molecule has 6 nitrogen and oxygen atoms in total. The molecule has 0 fully saturated rings. The summed E-state index contributed by atoms with van der Waals surface area (Å²) in [4.78, 5) is 16.3. The van der Waals surface area contributed by atoms with Crippen molar-refractivity contribution in [2.45, 2.75) is 26.3 Å². The molecule has 1 atom stereocenters. The molecule has 3 rings (SSSR count).